The Balaban J connectivity index is 1.64. The van der Waals surface area contributed by atoms with Gasteiger partial charge in [0.05, 0.1) is 0 Å². The van der Waals surface area contributed by atoms with Crippen LogP contribution in [0, 0.1) is 5.41 Å². The molecule has 0 radical (unpaired) electrons. The van der Waals surface area contributed by atoms with Gasteiger partial charge in [0.15, 0.2) is 5.82 Å². The van der Waals surface area contributed by atoms with E-state index in [4.69, 9.17) is 9.51 Å². The van der Waals surface area contributed by atoms with Crippen molar-refractivity contribution >= 4 is 0 Å². The Labute approximate surface area is 102 Å². The highest BCUT2D eigenvalue weighted by molar-refractivity contribution is 5.14. The van der Waals surface area contributed by atoms with E-state index in [9.17, 15) is 0 Å². The SMILES string of the molecule is CC12CCC(c3nc(C4CC4)no3)(CC1)CC2. The van der Waals surface area contributed by atoms with E-state index < -0.39 is 0 Å². The molecule has 0 N–H and O–H groups in total. The second-order valence-electron chi connectivity index (χ2n) is 6.82. The van der Waals surface area contributed by atoms with E-state index in [1.54, 1.807) is 0 Å². The Kier molecular flexibility index (Phi) is 1.85. The van der Waals surface area contributed by atoms with Crippen LogP contribution in [0.5, 0.6) is 0 Å². The zero-order valence-corrected chi connectivity index (χ0v) is 10.5. The van der Waals surface area contributed by atoms with Gasteiger partial charge in [-0.1, -0.05) is 12.1 Å². The van der Waals surface area contributed by atoms with Gasteiger partial charge in [0.1, 0.15) is 0 Å². The summed E-state index contributed by atoms with van der Waals surface area (Å²) in [6, 6.07) is 0. The van der Waals surface area contributed by atoms with Crippen LogP contribution in [0.3, 0.4) is 0 Å². The van der Waals surface area contributed by atoms with Crippen LogP contribution in [0.2, 0.25) is 0 Å². The minimum Gasteiger partial charge on any atom is -0.339 e. The maximum Gasteiger partial charge on any atom is 0.232 e. The molecule has 4 aliphatic carbocycles. The molecule has 3 nitrogen and oxygen atoms in total. The Bertz CT molecular complexity index is 422. The van der Waals surface area contributed by atoms with Gasteiger partial charge in [-0.25, -0.2) is 0 Å². The highest BCUT2D eigenvalue weighted by atomic mass is 16.5. The van der Waals surface area contributed by atoms with Crippen molar-refractivity contribution in [3.63, 3.8) is 0 Å². The summed E-state index contributed by atoms with van der Waals surface area (Å²) in [7, 11) is 0. The molecule has 2 bridgehead atoms. The fraction of sp³-hybridized carbons (Fsp3) is 0.857. The molecule has 4 aliphatic rings. The molecular weight excluding hydrogens is 212 g/mol. The van der Waals surface area contributed by atoms with Gasteiger partial charge in [-0.05, 0) is 56.8 Å². The number of aromatic nitrogens is 2. The van der Waals surface area contributed by atoms with Gasteiger partial charge < -0.3 is 4.52 Å². The van der Waals surface area contributed by atoms with Crippen LogP contribution in [-0.2, 0) is 5.41 Å². The Morgan fingerprint density at radius 2 is 1.71 bits per heavy atom. The van der Waals surface area contributed by atoms with Crippen molar-refractivity contribution in [2.24, 2.45) is 5.41 Å². The van der Waals surface area contributed by atoms with Gasteiger partial charge in [0.25, 0.3) is 0 Å². The standard InChI is InChI=1S/C14H20N2O/c1-13-4-7-14(8-5-13,9-6-13)12-15-11(16-17-12)10-2-3-10/h10H,2-9H2,1H3. The smallest absolute Gasteiger partial charge is 0.232 e. The highest BCUT2D eigenvalue weighted by Crippen LogP contribution is 2.57. The van der Waals surface area contributed by atoms with Gasteiger partial charge >= 0.3 is 0 Å². The number of rotatable bonds is 2. The van der Waals surface area contributed by atoms with Crippen molar-refractivity contribution < 1.29 is 4.52 Å². The summed E-state index contributed by atoms with van der Waals surface area (Å²) in [5.41, 5.74) is 0.860. The molecule has 1 heterocycles. The summed E-state index contributed by atoms with van der Waals surface area (Å²) in [5.74, 6) is 2.55. The van der Waals surface area contributed by atoms with E-state index in [0.29, 0.717) is 11.3 Å². The quantitative estimate of drug-likeness (QED) is 0.782. The van der Waals surface area contributed by atoms with Crippen LogP contribution in [0.4, 0.5) is 0 Å². The summed E-state index contributed by atoms with van der Waals surface area (Å²) < 4.78 is 5.60. The first-order chi connectivity index (χ1) is 8.19. The number of hydrogen-bond donors (Lipinski definition) is 0. The third kappa shape index (κ3) is 1.47. The molecule has 17 heavy (non-hydrogen) atoms. The maximum absolute atomic E-state index is 5.60. The molecule has 0 spiro atoms. The van der Waals surface area contributed by atoms with Crippen molar-refractivity contribution in [3.8, 4) is 0 Å². The molecule has 5 rings (SSSR count). The summed E-state index contributed by atoms with van der Waals surface area (Å²) in [6.07, 6.45) is 10.3. The molecule has 4 fully saturated rings. The Morgan fingerprint density at radius 1 is 1.06 bits per heavy atom. The van der Waals surface area contributed by atoms with E-state index in [1.165, 1.54) is 51.4 Å². The molecule has 92 valence electrons. The van der Waals surface area contributed by atoms with Gasteiger partial charge in [0, 0.05) is 11.3 Å². The van der Waals surface area contributed by atoms with Crippen molar-refractivity contribution in [1.82, 2.24) is 10.1 Å². The molecule has 3 heteroatoms. The summed E-state index contributed by atoms with van der Waals surface area (Å²) in [6.45, 7) is 2.44. The molecule has 0 aromatic carbocycles. The van der Waals surface area contributed by atoms with Crippen LogP contribution < -0.4 is 0 Å². The predicted molar refractivity (Wildman–Crippen MR) is 63.8 cm³/mol. The van der Waals surface area contributed by atoms with Gasteiger partial charge in [-0.3, -0.25) is 0 Å². The number of nitrogens with zero attached hydrogens (tertiary/aromatic N) is 2. The first-order valence-electron chi connectivity index (χ1n) is 7.03. The number of fused-ring (bicyclic) bond motifs is 3. The molecule has 0 atom stereocenters. The minimum atomic E-state index is 0.248. The topological polar surface area (TPSA) is 38.9 Å². The largest absolute Gasteiger partial charge is 0.339 e. The van der Waals surface area contributed by atoms with Crippen molar-refractivity contribution in [1.29, 1.82) is 0 Å². The molecular formula is C14H20N2O. The average Bonchev–Trinajstić information content (AvgIpc) is 3.09. The van der Waals surface area contributed by atoms with E-state index >= 15 is 0 Å². The van der Waals surface area contributed by atoms with Gasteiger partial charge in [0.2, 0.25) is 5.89 Å². The van der Waals surface area contributed by atoms with Crippen molar-refractivity contribution in [2.75, 3.05) is 0 Å². The van der Waals surface area contributed by atoms with E-state index in [1.807, 2.05) is 0 Å². The molecule has 4 saturated carbocycles. The number of hydrogen-bond acceptors (Lipinski definition) is 3. The third-order valence-corrected chi connectivity index (χ3v) is 5.46. The lowest BCUT2D eigenvalue weighted by Gasteiger charge is -2.50. The van der Waals surface area contributed by atoms with Crippen molar-refractivity contribution in [3.05, 3.63) is 11.7 Å². The van der Waals surface area contributed by atoms with Gasteiger partial charge in [-0.15, -0.1) is 0 Å². The fourth-order valence-electron chi connectivity index (χ4n) is 3.65. The maximum atomic E-state index is 5.60. The molecule has 1 aromatic heterocycles. The van der Waals surface area contributed by atoms with Crippen LogP contribution in [0.25, 0.3) is 0 Å². The molecule has 0 aliphatic heterocycles. The monoisotopic (exact) mass is 232 g/mol. The van der Waals surface area contributed by atoms with E-state index in [0.717, 1.165) is 11.7 Å². The van der Waals surface area contributed by atoms with E-state index in [-0.39, 0.29) is 5.41 Å². The fourth-order valence-corrected chi connectivity index (χ4v) is 3.65. The average molecular weight is 232 g/mol. The zero-order chi connectivity index (χ0) is 11.5. The normalized spacial score (nSPS) is 40.8. The van der Waals surface area contributed by atoms with Crippen LogP contribution in [0.15, 0.2) is 4.52 Å². The summed E-state index contributed by atoms with van der Waals surface area (Å²) in [4.78, 5) is 4.71. The molecule has 0 unspecified atom stereocenters. The molecule has 0 saturated heterocycles. The second kappa shape index (κ2) is 3.12. The van der Waals surface area contributed by atoms with Gasteiger partial charge in [-0.2, -0.15) is 4.98 Å². The lowest BCUT2D eigenvalue weighted by Crippen LogP contribution is -2.42. The Morgan fingerprint density at radius 3 is 2.29 bits per heavy atom. The molecule has 1 aromatic rings. The van der Waals surface area contributed by atoms with Crippen molar-refractivity contribution in [2.45, 2.75) is 69.6 Å². The minimum absolute atomic E-state index is 0.248. The van der Waals surface area contributed by atoms with Crippen LogP contribution in [-0.4, -0.2) is 10.1 Å². The third-order valence-electron chi connectivity index (χ3n) is 5.46. The predicted octanol–water partition coefficient (Wildman–Crippen LogP) is 3.56. The highest BCUT2D eigenvalue weighted by Gasteiger charge is 2.50. The lowest BCUT2D eigenvalue weighted by molar-refractivity contribution is 0.0364. The van der Waals surface area contributed by atoms with Crippen LogP contribution >= 0.6 is 0 Å². The first-order valence-corrected chi connectivity index (χ1v) is 7.03. The lowest BCUT2D eigenvalue weighted by atomic mass is 9.54. The molecule has 0 amide bonds. The zero-order valence-electron chi connectivity index (χ0n) is 10.5. The second-order valence-corrected chi connectivity index (χ2v) is 6.82. The summed E-state index contributed by atoms with van der Waals surface area (Å²) >= 11 is 0. The summed E-state index contributed by atoms with van der Waals surface area (Å²) in [5, 5.41) is 4.19. The van der Waals surface area contributed by atoms with Crippen LogP contribution in [0.1, 0.15) is 75.9 Å². The Hall–Kier alpha value is -0.860. The first kappa shape index (κ1) is 10.1. The van der Waals surface area contributed by atoms with E-state index in [2.05, 4.69) is 12.1 Å².